The summed E-state index contributed by atoms with van der Waals surface area (Å²) in [6.07, 6.45) is 0. The van der Waals surface area contributed by atoms with Crippen molar-refractivity contribution in [3.63, 3.8) is 0 Å². The Morgan fingerprint density at radius 2 is 2.13 bits per heavy atom. The van der Waals surface area contributed by atoms with E-state index in [4.69, 9.17) is 17.3 Å². The van der Waals surface area contributed by atoms with Gasteiger partial charge in [0.25, 0.3) is 5.91 Å². The number of amides is 2. The zero-order valence-electron chi connectivity index (χ0n) is 7.54. The lowest BCUT2D eigenvalue weighted by atomic mass is 10.3. The van der Waals surface area contributed by atoms with Gasteiger partial charge in [-0.2, -0.15) is 0 Å². The number of carbonyl (C=O) groups is 2. The molecule has 1 atom stereocenters. The number of nitrogens with two attached hydrogens (primary N) is 1. The van der Waals surface area contributed by atoms with Crippen LogP contribution in [0.4, 0.5) is 5.69 Å². The molecule has 0 radical (unpaired) electrons. The van der Waals surface area contributed by atoms with Crippen molar-refractivity contribution in [2.24, 2.45) is 5.73 Å². The van der Waals surface area contributed by atoms with Crippen LogP contribution in [0.3, 0.4) is 0 Å². The Hall–Kier alpha value is -1.07. The van der Waals surface area contributed by atoms with Gasteiger partial charge in [-0.1, -0.05) is 22.0 Å². The highest BCUT2D eigenvalue weighted by molar-refractivity contribution is 9.10. The quantitative estimate of drug-likeness (QED) is 0.654. The number of alkyl halides is 1. The van der Waals surface area contributed by atoms with Crippen molar-refractivity contribution in [2.75, 3.05) is 5.32 Å². The van der Waals surface area contributed by atoms with Crippen molar-refractivity contribution in [3.05, 3.63) is 28.7 Å². The predicted molar refractivity (Wildman–Crippen MR) is 61.6 cm³/mol. The van der Waals surface area contributed by atoms with E-state index in [1.165, 1.54) is 0 Å². The van der Waals surface area contributed by atoms with Gasteiger partial charge in [-0.05, 0) is 18.2 Å². The van der Waals surface area contributed by atoms with Crippen LogP contribution in [0, 0.1) is 0 Å². The van der Waals surface area contributed by atoms with Crippen LogP contribution < -0.4 is 11.1 Å². The summed E-state index contributed by atoms with van der Waals surface area (Å²) in [5.74, 6) is -1.51. The van der Waals surface area contributed by atoms with Gasteiger partial charge in [-0.25, -0.2) is 0 Å². The molecular formula is C9H8BrClN2O2. The molecule has 0 aromatic heterocycles. The van der Waals surface area contributed by atoms with Crippen molar-refractivity contribution < 1.29 is 9.59 Å². The first-order valence-corrected chi connectivity index (χ1v) is 5.23. The molecule has 15 heavy (non-hydrogen) atoms. The molecule has 1 aromatic carbocycles. The summed E-state index contributed by atoms with van der Waals surface area (Å²) in [6, 6.07) is 6.91. The number of halogens is 2. The second-order valence-electron chi connectivity index (χ2n) is 2.76. The smallest absolute Gasteiger partial charge is 0.252 e. The van der Waals surface area contributed by atoms with Crippen LogP contribution in [0.1, 0.15) is 0 Å². The van der Waals surface area contributed by atoms with E-state index in [0.717, 1.165) is 4.47 Å². The second kappa shape index (κ2) is 5.14. The van der Waals surface area contributed by atoms with E-state index in [2.05, 4.69) is 21.2 Å². The first-order valence-electron chi connectivity index (χ1n) is 4.00. The minimum absolute atomic E-state index is 0.543. The number of nitrogens with one attached hydrogen (secondary N) is 1. The first-order chi connectivity index (χ1) is 7.00. The summed E-state index contributed by atoms with van der Waals surface area (Å²) in [5, 5.41) is 1.10. The van der Waals surface area contributed by atoms with Crippen molar-refractivity contribution >= 4 is 45.0 Å². The van der Waals surface area contributed by atoms with Crippen LogP contribution in [-0.4, -0.2) is 17.2 Å². The summed E-state index contributed by atoms with van der Waals surface area (Å²) in [6.45, 7) is 0. The summed E-state index contributed by atoms with van der Waals surface area (Å²) < 4.78 is 0.811. The maximum atomic E-state index is 11.3. The highest BCUT2D eigenvalue weighted by Crippen LogP contribution is 2.16. The lowest BCUT2D eigenvalue weighted by Crippen LogP contribution is -2.35. The molecule has 6 heteroatoms. The molecule has 3 N–H and O–H groups in total. The number of anilines is 1. The van der Waals surface area contributed by atoms with Gasteiger partial charge in [-0.15, -0.1) is 11.6 Å². The lowest BCUT2D eigenvalue weighted by Gasteiger charge is -2.07. The van der Waals surface area contributed by atoms with Crippen molar-refractivity contribution in [1.29, 1.82) is 0 Å². The third-order valence-corrected chi connectivity index (χ3v) is 2.48. The van der Waals surface area contributed by atoms with E-state index < -0.39 is 17.2 Å². The third kappa shape index (κ3) is 3.53. The molecule has 0 spiro atoms. The summed E-state index contributed by atoms with van der Waals surface area (Å²) in [7, 11) is 0. The molecule has 4 nitrogen and oxygen atoms in total. The average Bonchev–Trinajstić information content (AvgIpc) is 2.16. The second-order valence-corrected chi connectivity index (χ2v) is 4.12. The number of benzene rings is 1. The van der Waals surface area contributed by atoms with Crippen LogP contribution in [0.15, 0.2) is 28.7 Å². The molecule has 0 bridgehead atoms. The summed E-state index contributed by atoms with van der Waals surface area (Å²) in [4.78, 5) is 21.9. The standard InChI is InChI=1S/C9H8BrClN2O2/c10-5-2-1-3-6(4-5)13-9(15)7(11)8(12)14/h1-4,7H,(H2,12,14)(H,13,15). The Labute approximate surface area is 99.9 Å². The summed E-state index contributed by atoms with van der Waals surface area (Å²) in [5.41, 5.74) is 5.42. The van der Waals surface area contributed by atoms with Crippen molar-refractivity contribution in [3.8, 4) is 0 Å². The Bertz CT molecular complexity index is 397. The minimum Gasteiger partial charge on any atom is -0.368 e. The van der Waals surface area contributed by atoms with E-state index in [1.54, 1.807) is 18.2 Å². The van der Waals surface area contributed by atoms with Gasteiger partial charge in [0.05, 0.1) is 0 Å². The molecule has 0 aliphatic heterocycles. The molecule has 0 aliphatic rings. The molecule has 0 aliphatic carbocycles. The van der Waals surface area contributed by atoms with Crippen molar-refractivity contribution in [1.82, 2.24) is 0 Å². The van der Waals surface area contributed by atoms with Gasteiger partial charge in [0.15, 0.2) is 5.38 Å². The maximum absolute atomic E-state index is 11.3. The maximum Gasteiger partial charge on any atom is 0.252 e. The molecule has 0 fully saturated rings. The molecule has 1 rings (SSSR count). The van der Waals surface area contributed by atoms with Crippen LogP contribution in [0.5, 0.6) is 0 Å². The molecule has 0 saturated heterocycles. The molecular weight excluding hydrogens is 283 g/mol. The Morgan fingerprint density at radius 3 is 2.67 bits per heavy atom. The van der Waals surface area contributed by atoms with Crippen molar-refractivity contribution in [2.45, 2.75) is 5.38 Å². The fraction of sp³-hybridized carbons (Fsp3) is 0.111. The lowest BCUT2D eigenvalue weighted by molar-refractivity contribution is -0.124. The van der Waals surface area contributed by atoms with E-state index in [-0.39, 0.29) is 0 Å². The van der Waals surface area contributed by atoms with Gasteiger partial charge in [0.1, 0.15) is 0 Å². The average molecular weight is 292 g/mol. The van der Waals surface area contributed by atoms with Crippen LogP contribution in [0.2, 0.25) is 0 Å². The van der Waals surface area contributed by atoms with Crippen LogP contribution in [-0.2, 0) is 9.59 Å². The van der Waals surface area contributed by atoms with E-state index in [1.807, 2.05) is 6.07 Å². The first kappa shape index (κ1) is 12.0. The SMILES string of the molecule is NC(=O)C(Cl)C(=O)Nc1cccc(Br)c1. The molecule has 80 valence electrons. The van der Waals surface area contributed by atoms with E-state index in [0.29, 0.717) is 5.69 Å². The van der Waals surface area contributed by atoms with Gasteiger partial charge in [-0.3, -0.25) is 9.59 Å². The largest absolute Gasteiger partial charge is 0.368 e. The van der Waals surface area contributed by atoms with Crippen LogP contribution >= 0.6 is 27.5 Å². The predicted octanol–water partition coefficient (Wildman–Crippen LogP) is 1.48. The fourth-order valence-corrected chi connectivity index (χ4v) is 1.35. The molecule has 1 aromatic rings. The Balaban J connectivity index is 2.70. The monoisotopic (exact) mass is 290 g/mol. The highest BCUT2D eigenvalue weighted by atomic mass is 79.9. The number of hydrogen-bond donors (Lipinski definition) is 2. The topological polar surface area (TPSA) is 72.2 Å². The third-order valence-electron chi connectivity index (χ3n) is 1.57. The van der Waals surface area contributed by atoms with Crippen LogP contribution in [0.25, 0.3) is 0 Å². The highest BCUT2D eigenvalue weighted by Gasteiger charge is 2.20. The normalized spacial score (nSPS) is 11.9. The molecule has 0 saturated carbocycles. The number of hydrogen-bond acceptors (Lipinski definition) is 2. The molecule has 2 amide bonds. The number of rotatable bonds is 3. The van der Waals surface area contributed by atoms with E-state index in [9.17, 15) is 9.59 Å². The minimum atomic E-state index is -1.36. The number of primary amides is 1. The fourth-order valence-electron chi connectivity index (χ4n) is 0.901. The zero-order chi connectivity index (χ0) is 11.4. The van der Waals surface area contributed by atoms with Gasteiger partial charge >= 0.3 is 0 Å². The van der Waals surface area contributed by atoms with E-state index >= 15 is 0 Å². The number of carbonyl (C=O) groups excluding carboxylic acids is 2. The van der Waals surface area contributed by atoms with Gasteiger partial charge < -0.3 is 11.1 Å². The summed E-state index contributed by atoms with van der Waals surface area (Å²) >= 11 is 8.70. The Morgan fingerprint density at radius 1 is 1.47 bits per heavy atom. The molecule has 0 heterocycles. The van der Waals surface area contributed by atoms with Gasteiger partial charge in [0.2, 0.25) is 5.91 Å². The Kier molecular flexibility index (Phi) is 4.11. The zero-order valence-corrected chi connectivity index (χ0v) is 9.88. The molecule has 1 unspecified atom stereocenters. The van der Waals surface area contributed by atoms with Gasteiger partial charge in [0, 0.05) is 10.2 Å².